The van der Waals surface area contributed by atoms with E-state index in [9.17, 15) is 18.8 Å². The van der Waals surface area contributed by atoms with Gasteiger partial charge in [-0.3, -0.25) is 14.4 Å². The van der Waals surface area contributed by atoms with Crippen LogP contribution in [0.15, 0.2) is 48.5 Å². The second-order valence-corrected chi connectivity index (χ2v) is 6.86. The lowest BCUT2D eigenvalue weighted by Crippen LogP contribution is -2.29. The maximum Gasteiger partial charge on any atom is 0.228 e. The predicted octanol–water partition coefficient (Wildman–Crippen LogP) is 2.72. The molecule has 28 heavy (non-hydrogen) atoms. The summed E-state index contributed by atoms with van der Waals surface area (Å²) in [6.07, 6.45) is 1.13. The number of hydrogen-bond donors (Lipinski definition) is 3. The molecule has 146 valence electrons. The molecule has 0 spiro atoms. The minimum atomic E-state index is -0.333. The van der Waals surface area contributed by atoms with Crippen LogP contribution in [0, 0.1) is 17.7 Å². The highest BCUT2D eigenvalue weighted by Gasteiger charge is 2.47. The number of carbonyl (C=O) groups is 3. The van der Waals surface area contributed by atoms with Crippen LogP contribution in [0.4, 0.5) is 15.8 Å². The highest BCUT2D eigenvalue weighted by atomic mass is 19.1. The van der Waals surface area contributed by atoms with Gasteiger partial charge in [-0.25, -0.2) is 4.39 Å². The van der Waals surface area contributed by atoms with Gasteiger partial charge in [-0.15, -0.1) is 0 Å². The molecule has 2 aromatic carbocycles. The summed E-state index contributed by atoms with van der Waals surface area (Å²) in [6.45, 7) is 1.87. The summed E-state index contributed by atoms with van der Waals surface area (Å²) in [4.78, 5) is 35.5. The van der Waals surface area contributed by atoms with Crippen molar-refractivity contribution in [2.24, 2.45) is 11.8 Å². The minimum absolute atomic E-state index is 0.136. The van der Waals surface area contributed by atoms with Crippen LogP contribution >= 0.6 is 0 Å². The van der Waals surface area contributed by atoms with Crippen LogP contribution in [0.5, 0.6) is 0 Å². The van der Waals surface area contributed by atoms with Crippen molar-refractivity contribution in [1.29, 1.82) is 0 Å². The molecule has 6 nitrogen and oxygen atoms in total. The Kier molecular flexibility index (Phi) is 6.03. The number of amides is 3. The van der Waals surface area contributed by atoms with Gasteiger partial charge in [0.2, 0.25) is 17.7 Å². The first-order valence-corrected chi connectivity index (χ1v) is 9.13. The molecule has 0 aliphatic heterocycles. The third-order valence-corrected chi connectivity index (χ3v) is 4.56. The van der Waals surface area contributed by atoms with E-state index >= 15 is 0 Å². The van der Waals surface area contributed by atoms with Crippen LogP contribution in [-0.4, -0.2) is 24.3 Å². The summed E-state index contributed by atoms with van der Waals surface area (Å²) in [5.41, 5.74) is 2.20. The number of benzene rings is 2. The molecule has 0 bridgehead atoms. The van der Waals surface area contributed by atoms with Crippen LogP contribution in [0.1, 0.15) is 18.9 Å². The van der Waals surface area contributed by atoms with Gasteiger partial charge in [-0.05, 0) is 54.8 Å². The standard InChI is InChI=1S/C21H22FN3O3/c1-13(26)24-16-6-8-17(9-7-16)25-21(28)19-12-18(19)20(27)23-11-10-14-2-4-15(22)5-3-14/h2-9,18-19H,10-12H2,1H3,(H,23,27)(H,24,26)(H,25,28). The van der Waals surface area contributed by atoms with Crippen LogP contribution in [0.25, 0.3) is 0 Å². The molecular weight excluding hydrogens is 361 g/mol. The fourth-order valence-corrected chi connectivity index (χ4v) is 2.96. The van der Waals surface area contributed by atoms with E-state index in [1.165, 1.54) is 19.1 Å². The number of anilines is 2. The molecule has 0 saturated heterocycles. The van der Waals surface area contributed by atoms with Crippen molar-refractivity contribution < 1.29 is 18.8 Å². The molecular formula is C21H22FN3O3. The largest absolute Gasteiger partial charge is 0.356 e. The Bertz CT molecular complexity index is 865. The Morgan fingerprint density at radius 1 is 0.893 bits per heavy atom. The van der Waals surface area contributed by atoms with Gasteiger partial charge < -0.3 is 16.0 Å². The first kappa shape index (κ1) is 19.5. The first-order chi connectivity index (χ1) is 13.4. The van der Waals surface area contributed by atoms with Gasteiger partial charge in [0.25, 0.3) is 0 Å². The zero-order valence-corrected chi connectivity index (χ0v) is 15.5. The van der Waals surface area contributed by atoms with Crippen molar-refractivity contribution in [2.45, 2.75) is 19.8 Å². The minimum Gasteiger partial charge on any atom is -0.356 e. The summed E-state index contributed by atoms with van der Waals surface area (Å²) in [5.74, 6) is -1.42. The van der Waals surface area contributed by atoms with E-state index in [0.29, 0.717) is 30.8 Å². The first-order valence-electron chi connectivity index (χ1n) is 9.13. The van der Waals surface area contributed by atoms with Gasteiger partial charge in [0.1, 0.15) is 5.82 Å². The molecule has 0 radical (unpaired) electrons. The van der Waals surface area contributed by atoms with Crippen LogP contribution in [0.2, 0.25) is 0 Å². The second kappa shape index (κ2) is 8.65. The monoisotopic (exact) mass is 383 g/mol. The van der Waals surface area contributed by atoms with Crippen molar-refractivity contribution in [2.75, 3.05) is 17.2 Å². The van der Waals surface area contributed by atoms with Gasteiger partial charge in [0, 0.05) is 24.8 Å². The van der Waals surface area contributed by atoms with Crippen molar-refractivity contribution in [3.05, 3.63) is 59.9 Å². The van der Waals surface area contributed by atoms with Crippen LogP contribution in [-0.2, 0) is 20.8 Å². The molecule has 3 N–H and O–H groups in total. The summed E-state index contributed by atoms with van der Waals surface area (Å²) in [5, 5.41) is 8.27. The molecule has 2 atom stereocenters. The van der Waals surface area contributed by atoms with E-state index in [2.05, 4.69) is 16.0 Å². The average molecular weight is 383 g/mol. The molecule has 3 rings (SSSR count). The normalized spacial score (nSPS) is 17.5. The third kappa shape index (κ3) is 5.39. The predicted molar refractivity (Wildman–Crippen MR) is 104 cm³/mol. The molecule has 1 aliphatic carbocycles. The number of rotatable bonds is 7. The Morgan fingerprint density at radius 3 is 2.07 bits per heavy atom. The van der Waals surface area contributed by atoms with Crippen molar-refractivity contribution in [3.8, 4) is 0 Å². The number of nitrogens with one attached hydrogen (secondary N) is 3. The molecule has 1 aliphatic rings. The van der Waals surface area contributed by atoms with Crippen LogP contribution < -0.4 is 16.0 Å². The summed E-state index contributed by atoms with van der Waals surface area (Å²) in [7, 11) is 0. The van der Waals surface area contributed by atoms with Gasteiger partial charge in [0.05, 0.1) is 11.8 Å². The topological polar surface area (TPSA) is 87.3 Å². The maximum atomic E-state index is 12.9. The number of carbonyl (C=O) groups excluding carboxylic acids is 3. The molecule has 1 saturated carbocycles. The maximum absolute atomic E-state index is 12.9. The van der Waals surface area contributed by atoms with Gasteiger partial charge in [-0.1, -0.05) is 12.1 Å². The fraction of sp³-hybridized carbons (Fsp3) is 0.286. The Balaban J connectivity index is 1.41. The number of hydrogen-bond acceptors (Lipinski definition) is 3. The fourth-order valence-electron chi connectivity index (χ4n) is 2.96. The summed E-state index contributed by atoms with van der Waals surface area (Å²) < 4.78 is 12.9. The molecule has 0 heterocycles. The van der Waals surface area contributed by atoms with E-state index in [-0.39, 0.29) is 35.4 Å². The average Bonchev–Trinajstić information content (AvgIpc) is 3.45. The van der Waals surface area contributed by atoms with Gasteiger partial charge in [0.15, 0.2) is 0 Å². The number of halogens is 1. The third-order valence-electron chi connectivity index (χ3n) is 4.56. The molecule has 2 unspecified atom stereocenters. The summed E-state index contributed by atoms with van der Waals surface area (Å²) >= 11 is 0. The molecule has 0 aromatic heterocycles. The van der Waals surface area contributed by atoms with E-state index in [0.717, 1.165) is 5.56 Å². The summed E-state index contributed by atoms with van der Waals surface area (Å²) in [6, 6.07) is 12.9. The Morgan fingerprint density at radius 2 is 1.46 bits per heavy atom. The van der Waals surface area contributed by atoms with Crippen molar-refractivity contribution in [3.63, 3.8) is 0 Å². The Hall–Kier alpha value is -3.22. The van der Waals surface area contributed by atoms with Gasteiger partial charge in [-0.2, -0.15) is 0 Å². The molecule has 2 aromatic rings. The lowest BCUT2D eigenvalue weighted by atomic mass is 10.1. The Labute approximate surface area is 162 Å². The van der Waals surface area contributed by atoms with E-state index in [1.807, 2.05) is 0 Å². The lowest BCUT2D eigenvalue weighted by Gasteiger charge is -2.07. The lowest BCUT2D eigenvalue weighted by molar-refractivity contribution is -0.125. The highest BCUT2D eigenvalue weighted by molar-refractivity contribution is 5.99. The van der Waals surface area contributed by atoms with Crippen molar-refractivity contribution in [1.82, 2.24) is 5.32 Å². The highest BCUT2D eigenvalue weighted by Crippen LogP contribution is 2.39. The van der Waals surface area contributed by atoms with Crippen LogP contribution in [0.3, 0.4) is 0 Å². The molecule has 1 fully saturated rings. The zero-order chi connectivity index (χ0) is 20.1. The smallest absolute Gasteiger partial charge is 0.228 e. The van der Waals surface area contributed by atoms with E-state index in [4.69, 9.17) is 0 Å². The molecule has 3 amide bonds. The van der Waals surface area contributed by atoms with Crippen molar-refractivity contribution >= 4 is 29.1 Å². The molecule has 7 heteroatoms. The second-order valence-electron chi connectivity index (χ2n) is 6.86. The van der Waals surface area contributed by atoms with E-state index < -0.39 is 0 Å². The SMILES string of the molecule is CC(=O)Nc1ccc(NC(=O)C2CC2C(=O)NCCc2ccc(F)cc2)cc1. The van der Waals surface area contributed by atoms with Gasteiger partial charge >= 0.3 is 0 Å². The van der Waals surface area contributed by atoms with E-state index in [1.54, 1.807) is 36.4 Å². The zero-order valence-electron chi connectivity index (χ0n) is 15.5. The quantitative estimate of drug-likeness (QED) is 0.687.